The highest BCUT2D eigenvalue weighted by atomic mass is 15.3. The first-order valence-corrected chi connectivity index (χ1v) is 7.38. The van der Waals surface area contributed by atoms with Gasteiger partial charge in [0.2, 0.25) is 0 Å². The lowest BCUT2D eigenvalue weighted by molar-refractivity contribution is 0.0235. The first-order chi connectivity index (χ1) is 9.20. The van der Waals surface area contributed by atoms with Gasteiger partial charge < -0.3 is 10.6 Å². The average molecular weight is 261 g/mol. The molecule has 1 fully saturated rings. The van der Waals surface area contributed by atoms with E-state index in [1.54, 1.807) is 0 Å². The van der Waals surface area contributed by atoms with Crippen LogP contribution in [0.4, 0.5) is 0 Å². The maximum absolute atomic E-state index is 6.16. The average Bonchev–Trinajstić information content (AvgIpc) is 2.45. The summed E-state index contributed by atoms with van der Waals surface area (Å²) < 4.78 is 0. The number of hydrogen-bond acceptors (Lipinski definition) is 3. The van der Waals surface area contributed by atoms with E-state index >= 15 is 0 Å². The topological polar surface area (TPSA) is 32.5 Å². The first kappa shape index (κ1) is 14.5. The Morgan fingerprint density at radius 2 is 2.05 bits per heavy atom. The molecule has 3 nitrogen and oxygen atoms in total. The molecule has 1 unspecified atom stereocenters. The summed E-state index contributed by atoms with van der Waals surface area (Å²) in [4.78, 5) is 4.99. The van der Waals surface area contributed by atoms with E-state index in [4.69, 9.17) is 5.73 Å². The van der Waals surface area contributed by atoms with Crippen LogP contribution < -0.4 is 5.73 Å². The van der Waals surface area contributed by atoms with Crippen molar-refractivity contribution in [3.63, 3.8) is 0 Å². The molecular formula is C16H27N3. The molecule has 3 heteroatoms. The standard InChI is InChI=1S/C16H27N3/c1-3-19(12-15-8-5-4-6-9-15)16(13-17)10-7-11-18(2)14-16/h4-6,8-9H,3,7,10-14,17H2,1-2H3. The molecule has 2 N–H and O–H groups in total. The minimum Gasteiger partial charge on any atom is -0.329 e. The quantitative estimate of drug-likeness (QED) is 0.879. The van der Waals surface area contributed by atoms with Crippen molar-refractivity contribution >= 4 is 0 Å². The summed E-state index contributed by atoms with van der Waals surface area (Å²) in [5.74, 6) is 0. The SMILES string of the molecule is CCN(Cc1ccccc1)C1(CN)CCCN(C)C1. The molecule has 0 bridgehead atoms. The molecule has 0 radical (unpaired) electrons. The summed E-state index contributed by atoms with van der Waals surface area (Å²) in [5, 5.41) is 0. The van der Waals surface area contributed by atoms with Crippen molar-refractivity contribution in [2.45, 2.75) is 31.8 Å². The maximum Gasteiger partial charge on any atom is 0.0462 e. The van der Waals surface area contributed by atoms with Gasteiger partial charge in [-0.1, -0.05) is 37.3 Å². The second kappa shape index (κ2) is 6.51. The Kier molecular flexibility index (Phi) is 4.97. The number of piperidine rings is 1. The molecule has 1 aliphatic rings. The summed E-state index contributed by atoms with van der Waals surface area (Å²) in [6.45, 7) is 7.34. The van der Waals surface area contributed by atoms with Gasteiger partial charge in [0.05, 0.1) is 0 Å². The lowest BCUT2D eigenvalue weighted by Gasteiger charge is -2.48. The summed E-state index contributed by atoms with van der Waals surface area (Å²) in [6.07, 6.45) is 2.47. The minimum atomic E-state index is 0.150. The van der Waals surface area contributed by atoms with E-state index in [1.165, 1.54) is 24.9 Å². The molecule has 1 atom stereocenters. The van der Waals surface area contributed by atoms with Gasteiger partial charge in [-0.2, -0.15) is 0 Å². The van der Waals surface area contributed by atoms with Gasteiger partial charge in [0.1, 0.15) is 0 Å². The van der Waals surface area contributed by atoms with Crippen molar-refractivity contribution in [2.24, 2.45) is 5.73 Å². The zero-order chi connectivity index (χ0) is 13.7. The van der Waals surface area contributed by atoms with E-state index < -0.39 is 0 Å². The van der Waals surface area contributed by atoms with Gasteiger partial charge in [-0.25, -0.2) is 0 Å². The highest BCUT2D eigenvalue weighted by Gasteiger charge is 2.37. The van der Waals surface area contributed by atoms with Crippen LogP contribution in [0.25, 0.3) is 0 Å². The first-order valence-electron chi connectivity index (χ1n) is 7.38. The number of nitrogens with two attached hydrogens (primary N) is 1. The van der Waals surface area contributed by atoms with E-state index in [0.717, 1.165) is 26.2 Å². The number of benzene rings is 1. The zero-order valence-corrected chi connectivity index (χ0v) is 12.3. The molecule has 0 aromatic heterocycles. The molecule has 0 spiro atoms. The Morgan fingerprint density at radius 1 is 1.32 bits per heavy atom. The fraction of sp³-hybridized carbons (Fsp3) is 0.625. The monoisotopic (exact) mass is 261 g/mol. The summed E-state index contributed by atoms with van der Waals surface area (Å²) in [6, 6.07) is 10.7. The third-order valence-corrected chi connectivity index (χ3v) is 4.39. The Morgan fingerprint density at radius 3 is 2.63 bits per heavy atom. The predicted octanol–water partition coefficient (Wildman–Crippen LogP) is 1.93. The number of nitrogens with zero attached hydrogens (tertiary/aromatic N) is 2. The van der Waals surface area contributed by atoms with Gasteiger partial charge in [-0.3, -0.25) is 4.90 Å². The lowest BCUT2D eigenvalue weighted by atomic mass is 9.86. The highest BCUT2D eigenvalue weighted by molar-refractivity contribution is 5.15. The molecular weight excluding hydrogens is 234 g/mol. The second-order valence-electron chi connectivity index (χ2n) is 5.77. The van der Waals surface area contributed by atoms with Crippen molar-refractivity contribution in [2.75, 3.05) is 33.2 Å². The predicted molar refractivity (Wildman–Crippen MR) is 81.0 cm³/mol. The van der Waals surface area contributed by atoms with Crippen molar-refractivity contribution in [1.82, 2.24) is 9.80 Å². The van der Waals surface area contributed by atoms with Gasteiger partial charge in [-0.05, 0) is 38.5 Å². The Balaban J connectivity index is 2.14. The van der Waals surface area contributed by atoms with Crippen LogP contribution in [-0.2, 0) is 6.54 Å². The van der Waals surface area contributed by atoms with Crippen LogP contribution in [0.15, 0.2) is 30.3 Å². The summed E-state index contributed by atoms with van der Waals surface area (Å²) in [7, 11) is 2.21. The van der Waals surface area contributed by atoms with E-state index in [9.17, 15) is 0 Å². The number of hydrogen-bond donors (Lipinski definition) is 1. The molecule has 0 aliphatic carbocycles. The Bertz CT molecular complexity index is 379. The molecule has 1 aromatic carbocycles. The van der Waals surface area contributed by atoms with Gasteiger partial charge in [-0.15, -0.1) is 0 Å². The minimum absolute atomic E-state index is 0.150. The van der Waals surface area contributed by atoms with Crippen LogP contribution in [0, 0.1) is 0 Å². The van der Waals surface area contributed by atoms with Crippen LogP contribution in [-0.4, -0.2) is 48.6 Å². The smallest absolute Gasteiger partial charge is 0.0462 e. The maximum atomic E-state index is 6.16. The van der Waals surface area contributed by atoms with E-state index in [-0.39, 0.29) is 5.54 Å². The number of rotatable bonds is 5. The molecule has 0 saturated carbocycles. The normalized spacial score (nSPS) is 24.8. The van der Waals surface area contributed by atoms with Crippen LogP contribution >= 0.6 is 0 Å². The van der Waals surface area contributed by atoms with E-state index in [1.807, 2.05) is 0 Å². The van der Waals surface area contributed by atoms with Gasteiger partial charge in [0.15, 0.2) is 0 Å². The van der Waals surface area contributed by atoms with E-state index in [2.05, 4.69) is 54.1 Å². The van der Waals surface area contributed by atoms with Crippen molar-refractivity contribution in [3.05, 3.63) is 35.9 Å². The molecule has 1 aromatic rings. The van der Waals surface area contributed by atoms with Crippen LogP contribution in [0.5, 0.6) is 0 Å². The zero-order valence-electron chi connectivity index (χ0n) is 12.3. The van der Waals surface area contributed by atoms with Crippen LogP contribution in [0.1, 0.15) is 25.3 Å². The third-order valence-electron chi connectivity index (χ3n) is 4.39. The van der Waals surface area contributed by atoms with Crippen LogP contribution in [0.2, 0.25) is 0 Å². The lowest BCUT2D eigenvalue weighted by Crippen LogP contribution is -2.61. The molecule has 1 saturated heterocycles. The molecule has 1 aliphatic heterocycles. The van der Waals surface area contributed by atoms with Gasteiger partial charge in [0, 0.05) is 25.2 Å². The Labute approximate surface area is 117 Å². The van der Waals surface area contributed by atoms with Crippen molar-refractivity contribution < 1.29 is 0 Å². The van der Waals surface area contributed by atoms with Gasteiger partial charge in [0.25, 0.3) is 0 Å². The Hall–Kier alpha value is -0.900. The van der Waals surface area contributed by atoms with Gasteiger partial charge >= 0.3 is 0 Å². The fourth-order valence-corrected chi connectivity index (χ4v) is 3.31. The number of likely N-dealkylation sites (N-methyl/N-ethyl adjacent to an activating group) is 2. The largest absolute Gasteiger partial charge is 0.329 e. The molecule has 1 heterocycles. The molecule has 19 heavy (non-hydrogen) atoms. The summed E-state index contributed by atoms with van der Waals surface area (Å²) in [5.41, 5.74) is 7.69. The van der Waals surface area contributed by atoms with Crippen molar-refractivity contribution in [1.29, 1.82) is 0 Å². The number of likely N-dealkylation sites (tertiary alicyclic amines) is 1. The molecule has 106 valence electrons. The van der Waals surface area contributed by atoms with Crippen LogP contribution in [0.3, 0.4) is 0 Å². The second-order valence-corrected chi connectivity index (χ2v) is 5.77. The third kappa shape index (κ3) is 3.35. The summed E-state index contributed by atoms with van der Waals surface area (Å²) >= 11 is 0. The van der Waals surface area contributed by atoms with Crippen molar-refractivity contribution in [3.8, 4) is 0 Å². The molecule has 2 rings (SSSR count). The van der Waals surface area contributed by atoms with E-state index in [0.29, 0.717) is 0 Å². The highest BCUT2D eigenvalue weighted by Crippen LogP contribution is 2.27. The molecule has 0 amide bonds. The fourth-order valence-electron chi connectivity index (χ4n) is 3.31.